The van der Waals surface area contributed by atoms with E-state index in [9.17, 15) is 13.2 Å². The van der Waals surface area contributed by atoms with Gasteiger partial charge in [-0.3, -0.25) is 4.79 Å². The zero-order valence-electron chi connectivity index (χ0n) is 19.1. The number of carbonyl (C=O) groups is 1. The maximum absolute atomic E-state index is 13.3. The van der Waals surface area contributed by atoms with Crippen LogP contribution in [0.1, 0.15) is 27.8 Å². The molecule has 0 aliphatic heterocycles. The molecular weight excluding hydrogens is 452 g/mol. The van der Waals surface area contributed by atoms with Crippen LogP contribution in [0.2, 0.25) is 0 Å². The smallest absolute Gasteiger partial charge is 0.251 e. The van der Waals surface area contributed by atoms with E-state index in [4.69, 9.17) is 4.74 Å². The minimum absolute atomic E-state index is 0.0732. The highest BCUT2D eigenvalue weighted by Gasteiger charge is 2.25. The summed E-state index contributed by atoms with van der Waals surface area (Å²) < 4.78 is 31.8. The zero-order valence-corrected chi connectivity index (χ0v) is 20.0. The number of methoxy groups -OCH3 is 1. The third-order valence-corrected chi connectivity index (χ3v) is 7.35. The van der Waals surface area contributed by atoms with Gasteiger partial charge in [-0.2, -0.15) is 0 Å². The molecular formula is C25H26N4O4S. The number of aromatic nitrogens is 2. The van der Waals surface area contributed by atoms with E-state index in [-0.39, 0.29) is 16.2 Å². The number of benzene rings is 3. The Bertz CT molecular complexity index is 1380. The number of carbonyl (C=O) groups excluding carboxylic acids is 1. The molecule has 1 atom stereocenters. The van der Waals surface area contributed by atoms with Gasteiger partial charge in [-0.1, -0.05) is 42.5 Å². The van der Waals surface area contributed by atoms with Crippen LogP contribution < -0.4 is 10.1 Å². The van der Waals surface area contributed by atoms with Crippen LogP contribution in [0, 0.1) is 0 Å². The van der Waals surface area contributed by atoms with Gasteiger partial charge in [-0.25, -0.2) is 17.7 Å². The van der Waals surface area contributed by atoms with Crippen molar-refractivity contribution in [2.45, 2.75) is 17.4 Å². The molecule has 8 nitrogen and oxygen atoms in total. The fourth-order valence-corrected chi connectivity index (χ4v) is 4.74. The van der Waals surface area contributed by atoms with Crippen molar-refractivity contribution < 1.29 is 17.9 Å². The molecule has 1 heterocycles. The van der Waals surface area contributed by atoms with Crippen LogP contribution in [0.3, 0.4) is 0 Å². The summed E-state index contributed by atoms with van der Waals surface area (Å²) in [4.78, 5) is 21.2. The first kappa shape index (κ1) is 23.5. The summed E-state index contributed by atoms with van der Waals surface area (Å²) in [7, 11) is 0.437. The van der Waals surface area contributed by atoms with Crippen molar-refractivity contribution >= 4 is 27.0 Å². The number of para-hydroxylation sites is 2. The molecule has 0 radical (unpaired) electrons. The highest BCUT2D eigenvalue weighted by Crippen LogP contribution is 2.27. The Labute approximate surface area is 198 Å². The topological polar surface area (TPSA) is 104 Å². The SMILES string of the molecule is COc1ccc(C(=O)N[C@H](Cc2ccccc2)c2nc3ccccc3[nH]2)cc1S(=O)(=O)N(C)C. The van der Waals surface area contributed by atoms with E-state index in [0.717, 1.165) is 20.9 Å². The molecule has 0 saturated carbocycles. The molecule has 3 aromatic carbocycles. The first-order valence-corrected chi connectivity index (χ1v) is 12.1. The van der Waals surface area contributed by atoms with Gasteiger partial charge in [0.25, 0.3) is 5.91 Å². The summed E-state index contributed by atoms with van der Waals surface area (Å²) in [5, 5.41) is 3.02. The van der Waals surface area contributed by atoms with Gasteiger partial charge in [0.15, 0.2) is 0 Å². The van der Waals surface area contributed by atoms with Gasteiger partial charge >= 0.3 is 0 Å². The number of fused-ring (bicyclic) bond motifs is 1. The number of amides is 1. The number of hydrogen-bond donors (Lipinski definition) is 2. The van der Waals surface area contributed by atoms with E-state index >= 15 is 0 Å². The monoisotopic (exact) mass is 478 g/mol. The lowest BCUT2D eigenvalue weighted by molar-refractivity contribution is 0.0934. The number of ether oxygens (including phenoxy) is 1. The third-order valence-electron chi connectivity index (χ3n) is 5.51. The Balaban J connectivity index is 1.69. The molecule has 0 saturated heterocycles. The number of nitrogens with zero attached hydrogens (tertiary/aromatic N) is 2. The van der Waals surface area contributed by atoms with Crippen LogP contribution in [-0.4, -0.2) is 49.8 Å². The lowest BCUT2D eigenvalue weighted by atomic mass is 10.0. The largest absolute Gasteiger partial charge is 0.495 e. The first-order valence-electron chi connectivity index (χ1n) is 10.7. The van der Waals surface area contributed by atoms with Crippen LogP contribution in [0.15, 0.2) is 77.7 Å². The van der Waals surface area contributed by atoms with Gasteiger partial charge in [-0.05, 0) is 42.3 Å². The Kier molecular flexibility index (Phi) is 6.67. The van der Waals surface area contributed by atoms with E-state index in [1.807, 2.05) is 54.6 Å². The standard InChI is InChI=1S/C25H26N4O4S/c1-29(2)34(31,32)23-16-18(13-14-22(23)33-3)25(30)28-21(15-17-9-5-4-6-10-17)24-26-19-11-7-8-12-20(19)27-24/h4-14,16,21H,15H2,1-3H3,(H,26,27)(H,28,30)/t21-/m1/s1. The summed E-state index contributed by atoms with van der Waals surface area (Å²) in [6.45, 7) is 0. The molecule has 0 aliphatic rings. The summed E-state index contributed by atoms with van der Waals surface area (Å²) in [6.07, 6.45) is 0.505. The highest BCUT2D eigenvalue weighted by atomic mass is 32.2. The van der Waals surface area contributed by atoms with E-state index in [1.165, 1.54) is 33.3 Å². The van der Waals surface area contributed by atoms with Gasteiger partial charge in [0.1, 0.15) is 16.5 Å². The van der Waals surface area contributed by atoms with Gasteiger partial charge in [0.2, 0.25) is 10.0 Å². The number of imidazole rings is 1. The molecule has 4 aromatic rings. The molecule has 4 rings (SSSR count). The number of H-pyrrole nitrogens is 1. The number of aromatic amines is 1. The second kappa shape index (κ2) is 9.66. The van der Waals surface area contributed by atoms with Crippen molar-refractivity contribution in [1.82, 2.24) is 19.6 Å². The molecule has 0 spiro atoms. The number of sulfonamides is 1. The van der Waals surface area contributed by atoms with E-state index in [0.29, 0.717) is 12.2 Å². The van der Waals surface area contributed by atoms with Gasteiger partial charge in [0, 0.05) is 19.7 Å². The van der Waals surface area contributed by atoms with Gasteiger partial charge in [0.05, 0.1) is 24.2 Å². The summed E-state index contributed by atoms with van der Waals surface area (Å²) >= 11 is 0. The van der Waals surface area contributed by atoms with E-state index in [1.54, 1.807) is 6.07 Å². The second-order valence-electron chi connectivity index (χ2n) is 8.01. The number of nitrogens with one attached hydrogen (secondary N) is 2. The normalized spacial score (nSPS) is 12.6. The molecule has 176 valence electrons. The molecule has 2 N–H and O–H groups in total. The average molecular weight is 479 g/mol. The molecule has 0 unspecified atom stereocenters. The second-order valence-corrected chi connectivity index (χ2v) is 10.1. The van der Waals surface area contributed by atoms with Crippen LogP contribution in [0.5, 0.6) is 5.75 Å². The summed E-state index contributed by atoms with van der Waals surface area (Å²) in [5.41, 5.74) is 2.90. The summed E-state index contributed by atoms with van der Waals surface area (Å²) in [6, 6.07) is 21.3. The quantitative estimate of drug-likeness (QED) is 0.403. The zero-order chi connectivity index (χ0) is 24.3. The molecule has 0 fully saturated rings. The van der Waals surface area contributed by atoms with Crippen molar-refractivity contribution in [3.05, 3.63) is 89.7 Å². The predicted octanol–water partition coefficient (Wildman–Crippen LogP) is 3.54. The lowest BCUT2D eigenvalue weighted by Gasteiger charge is -2.19. The molecule has 1 amide bonds. The Morgan fingerprint density at radius 1 is 1.06 bits per heavy atom. The minimum atomic E-state index is -3.81. The van der Waals surface area contributed by atoms with Crippen molar-refractivity contribution in [2.75, 3.05) is 21.2 Å². The van der Waals surface area contributed by atoms with Gasteiger partial charge in [-0.15, -0.1) is 0 Å². The van der Waals surface area contributed by atoms with E-state index < -0.39 is 22.0 Å². The van der Waals surface area contributed by atoms with Crippen LogP contribution in [-0.2, 0) is 16.4 Å². The van der Waals surface area contributed by atoms with Crippen LogP contribution in [0.25, 0.3) is 11.0 Å². The average Bonchev–Trinajstić information content (AvgIpc) is 3.28. The van der Waals surface area contributed by atoms with Gasteiger partial charge < -0.3 is 15.0 Å². The van der Waals surface area contributed by atoms with Crippen LogP contribution >= 0.6 is 0 Å². The maximum atomic E-state index is 13.3. The number of rotatable bonds is 8. The Hall–Kier alpha value is -3.69. The molecule has 0 bridgehead atoms. The van der Waals surface area contributed by atoms with E-state index in [2.05, 4.69) is 15.3 Å². The minimum Gasteiger partial charge on any atom is -0.495 e. The highest BCUT2D eigenvalue weighted by molar-refractivity contribution is 7.89. The first-order chi connectivity index (χ1) is 16.3. The lowest BCUT2D eigenvalue weighted by Crippen LogP contribution is -2.31. The molecule has 1 aromatic heterocycles. The maximum Gasteiger partial charge on any atom is 0.251 e. The van der Waals surface area contributed by atoms with Crippen molar-refractivity contribution in [3.63, 3.8) is 0 Å². The third kappa shape index (κ3) is 4.80. The number of hydrogen-bond acceptors (Lipinski definition) is 5. The van der Waals surface area contributed by atoms with Crippen molar-refractivity contribution in [1.29, 1.82) is 0 Å². The Morgan fingerprint density at radius 2 is 1.76 bits per heavy atom. The molecule has 0 aliphatic carbocycles. The predicted molar refractivity (Wildman–Crippen MR) is 130 cm³/mol. The Morgan fingerprint density at radius 3 is 2.44 bits per heavy atom. The fraction of sp³-hybridized carbons (Fsp3) is 0.200. The molecule has 34 heavy (non-hydrogen) atoms. The molecule has 9 heteroatoms. The van der Waals surface area contributed by atoms with Crippen molar-refractivity contribution in [2.24, 2.45) is 0 Å². The summed E-state index contributed by atoms with van der Waals surface area (Å²) in [5.74, 6) is 0.371. The van der Waals surface area contributed by atoms with Crippen LogP contribution in [0.4, 0.5) is 0 Å². The van der Waals surface area contributed by atoms with Crippen molar-refractivity contribution in [3.8, 4) is 5.75 Å². The fourth-order valence-electron chi connectivity index (χ4n) is 3.66.